The third-order valence-corrected chi connectivity index (χ3v) is 3.26. The Morgan fingerprint density at radius 3 is 3.05 bits per heavy atom. The minimum absolute atomic E-state index is 0.0814. The van der Waals surface area contributed by atoms with Gasteiger partial charge in [0.2, 0.25) is 5.91 Å². The molecule has 7 nitrogen and oxygen atoms in total. The Hall–Kier alpha value is -2.19. The SMILES string of the molecule is NC(=O)COCCNc1snc(N)c1-c1cccnc1. The second-order valence-electron chi connectivity index (χ2n) is 3.96. The van der Waals surface area contributed by atoms with Gasteiger partial charge in [-0.2, -0.15) is 4.37 Å². The Morgan fingerprint density at radius 1 is 1.50 bits per heavy atom. The number of anilines is 2. The van der Waals surface area contributed by atoms with Crippen molar-refractivity contribution >= 4 is 28.3 Å². The quantitative estimate of drug-likeness (QED) is 0.647. The molecule has 2 rings (SSSR count). The monoisotopic (exact) mass is 293 g/mol. The van der Waals surface area contributed by atoms with Crippen LogP contribution in [0.5, 0.6) is 0 Å². The maximum absolute atomic E-state index is 10.5. The summed E-state index contributed by atoms with van der Waals surface area (Å²) < 4.78 is 9.21. The molecule has 0 saturated carbocycles. The summed E-state index contributed by atoms with van der Waals surface area (Å²) in [6, 6.07) is 3.76. The van der Waals surface area contributed by atoms with E-state index < -0.39 is 5.91 Å². The van der Waals surface area contributed by atoms with Gasteiger partial charge in [-0.15, -0.1) is 0 Å². The van der Waals surface area contributed by atoms with E-state index in [0.29, 0.717) is 19.0 Å². The Kier molecular flexibility index (Phi) is 4.85. The minimum atomic E-state index is -0.483. The number of carbonyl (C=O) groups excluding carboxylic acids is 1. The van der Waals surface area contributed by atoms with Crippen LogP contribution in [0.4, 0.5) is 10.8 Å². The van der Waals surface area contributed by atoms with Crippen LogP contribution < -0.4 is 16.8 Å². The second kappa shape index (κ2) is 6.83. The lowest BCUT2D eigenvalue weighted by atomic mass is 10.1. The average molecular weight is 293 g/mol. The van der Waals surface area contributed by atoms with Gasteiger partial charge in [0, 0.05) is 24.5 Å². The van der Waals surface area contributed by atoms with Crippen molar-refractivity contribution in [3.8, 4) is 11.1 Å². The number of rotatable bonds is 7. The molecule has 0 radical (unpaired) electrons. The van der Waals surface area contributed by atoms with Crippen LogP contribution in [0.3, 0.4) is 0 Å². The van der Waals surface area contributed by atoms with Gasteiger partial charge in [0.05, 0.1) is 12.2 Å². The first-order valence-corrected chi connectivity index (χ1v) is 6.71. The molecule has 0 aliphatic carbocycles. The van der Waals surface area contributed by atoms with Gasteiger partial charge in [-0.05, 0) is 17.6 Å². The van der Waals surface area contributed by atoms with Crippen LogP contribution in [-0.2, 0) is 9.53 Å². The minimum Gasteiger partial charge on any atom is -0.382 e. The van der Waals surface area contributed by atoms with Gasteiger partial charge < -0.3 is 21.5 Å². The summed E-state index contributed by atoms with van der Waals surface area (Å²) in [7, 11) is 0. The molecule has 0 unspecified atom stereocenters. The van der Waals surface area contributed by atoms with Gasteiger partial charge in [0.15, 0.2) is 0 Å². The normalized spacial score (nSPS) is 10.4. The highest BCUT2D eigenvalue weighted by atomic mass is 32.1. The predicted octanol–water partition coefficient (Wildman–Crippen LogP) is 0.701. The Labute approximate surface area is 120 Å². The lowest BCUT2D eigenvalue weighted by Crippen LogP contribution is -2.20. The molecule has 106 valence electrons. The summed E-state index contributed by atoms with van der Waals surface area (Å²) in [5, 5.41) is 4.02. The highest BCUT2D eigenvalue weighted by Crippen LogP contribution is 2.35. The number of hydrogen-bond acceptors (Lipinski definition) is 7. The lowest BCUT2D eigenvalue weighted by Gasteiger charge is -2.07. The lowest BCUT2D eigenvalue weighted by molar-refractivity contribution is -0.122. The number of pyridine rings is 1. The fourth-order valence-electron chi connectivity index (χ4n) is 1.62. The van der Waals surface area contributed by atoms with Crippen LogP contribution in [-0.4, -0.2) is 35.0 Å². The molecule has 8 heteroatoms. The Bertz CT molecular complexity index is 572. The summed E-state index contributed by atoms with van der Waals surface area (Å²) >= 11 is 1.27. The van der Waals surface area contributed by atoms with Crippen molar-refractivity contribution in [2.75, 3.05) is 30.8 Å². The van der Waals surface area contributed by atoms with Crippen molar-refractivity contribution < 1.29 is 9.53 Å². The summed E-state index contributed by atoms with van der Waals surface area (Å²) in [6.07, 6.45) is 3.43. The molecule has 0 bridgehead atoms. The Morgan fingerprint density at radius 2 is 2.35 bits per heavy atom. The fraction of sp³-hybridized carbons (Fsp3) is 0.250. The molecule has 0 fully saturated rings. The van der Waals surface area contributed by atoms with Crippen LogP contribution in [0.1, 0.15) is 0 Å². The summed E-state index contributed by atoms with van der Waals surface area (Å²) in [5.41, 5.74) is 12.6. The number of aromatic nitrogens is 2. The predicted molar refractivity (Wildman–Crippen MR) is 78.3 cm³/mol. The van der Waals surface area contributed by atoms with Crippen molar-refractivity contribution in [3.05, 3.63) is 24.5 Å². The van der Waals surface area contributed by atoms with E-state index in [1.165, 1.54) is 11.5 Å². The number of primary amides is 1. The van der Waals surface area contributed by atoms with Crippen LogP contribution >= 0.6 is 11.5 Å². The molecule has 2 heterocycles. The fourth-order valence-corrected chi connectivity index (χ4v) is 2.38. The van der Waals surface area contributed by atoms with E-state index in [1.54, 1.807) is 12.4 Å². The van der Waals surface area contributed by atoms with E-state index in [9.17, 15) is 4.79 Å². The smallest absolute Gasteiger partial charge is 0.243 e. The van der Waals surface area contributed by atoms with E-state index >= 15 is 0 Å². The van der Waals surface area contributed by atoms with E-state index in [0.717, 1.165) is 16.1 Å². The van der Waals surface area contributed by atoms with Gasteiger partial charge in [0.25, 0.3) is 0 Å². The standard InChI is InChI=1S/C12H15N5O2S/c13-9(18)7-19-5-4-16-12-10(11(14)17-20-12)8-2-1-3-15-6-8/h1-3,6,16H,4-5,7H2,(H2,13,18)(H2,14,17). The van der Waals surface area contributed by atoms with Gasteiger partial charge in [-0.1, -0.05) is 6.07 Å². The molecule has 0 spiro atoms. The zero-order valence-corrected chi connectivity index (χ0v) is 11.5. The van der Waals surface area contributed by atoms with Crippen molar-refractivity contribution in [2.24, 2.45) is 5.73 Å². The number of carbonyl (C=O) groups is 1. The summed E-state index contributed by atoms with van der Waals surface area (Å²) in [6.45, 7) is 0.817. The molecule has 0 aromatic carbocycles. The number of amides is 1. The molecule has 1 amide bonds. The van der Waals surface area contributed by atoms with E-state index in [2.05, 4.69) is 14.7 Å². The van der Waals surface area contributed by atoms with E-state index in [1.807, 2.05) is 12.1 Å². The molecule has 0 saturated heterocycles. The van der Waals surface area contributed by atoms with Crippen molar-refractivity contribution in [2.45, 2.75) is 0 Å². The van der Waals surface area contributed by atoms with Crippen LogP contribution in [0.15, 0.2) is 24.5 Å². The van der Waals surface area contributed by atoms with Gasteiger partial charge in [0.1, 0.15) is 17.4 Å². The molecule has 5 N–H and O–H groups in total. The molecular formula is C12H15N5O2S. The number of nitrogens with zero attached hydrogens (tertiary/aromatic N) is 2. The third-order valence-electron chi connectivity index (χ3n) is 2.44. The number of nitrogen functional groups attached to an aromatic ring is 1. The van der Waals surface area contributed by atoms with Crippen LogP contribution in [0.25, 0.3) is 11.1 Å². The molecular weight excluding hydrogens is 278 g/mol. The molecule has 0 aliphatic heterocycles. The maximum Gasteiger partial charge on any atom is 0.243 e. The Balaban J connectivity index is 1.98. The molecule has 2 aromatic rings. The number of ether oxygens (including phenoxy) is 1. The summed E-state index contributed by atoms with van der Waals surface area (Å²) in [4.78, 5) is 14.6. The van der Waals surface area contributed by atoms with Gasteiger partial charge in [-0.25, -0.2) is 0 Å². The van der Waals surface area contributed by atoms with Gasteiger partial charge in [-0.3, -0.25) is 9.78 Å². The van der Waals surface area contributed by atoms with E-state index in [-0.39, 0.29) is 6.61 Å². The highest BCUT2D eigenvalue weighted by molar-refractivity contribution is 7.11. The van der Waals surface area contributed by atoms with E-state index in [4.69, 9.17) is 16.2 Å². The summed E-state index contributed by atoms with van der Waals surface area (Å²) in [5.74, 6) is -0.0216. The van der Waals surface area contributed by atoms with Crippen LogP contribution in [0, 0.1) is 0 Å². The third kappa shape index (κ3) is 3.65. The van der Waals surface area contributed by atoms with Crippen molar-refractivity contribution in [1.29, 1.82) is 0 Å². The number of nitrogens with one attached hydrogen (secondary N) is 1. The van der Waals surface area contributed by atoms with Gasteiger partial charge >= 0.3 is 0 Å². The molecule has 0 aliphatic rings. The first-order valence-electron chi connectivity index (χ1n) is 5.94. The first-order chi connectivity index (χ1) is 9.68. The topological polar surface area (TPSA) is 116 Å². The zero-order valence-electron chi connectivity index (χ0n) is 10.7. The second-order valence-corrected chi connectivity index (χ2v) is 4.73. The van der Waals surface area contributed by atoms with Crippen molar-refractivity contribution in [3.63, 3.8) is 0 Å². The largest absolute Gasteiger partial charge is 0.382 e. The molecule has 0 atom stereocenters. The number of nitrogens with two attached hydrogens (primary N) is 2. The molecule has 20 heavy (non-hydrogen) atoms. The highest BCUT2D eigenvalue weighted by Gasteiger charge is 2.13. The first kappa shape index (κ1) is 14.2. The number of hydrogen-bond donors (Lipinski definition) is 3. The molecule has 2 aromatic heterocycles. The zero-order chi connectivity index (χ0) is 14.4. The average Bonchev–Trinajstić information content (AvgIpc) is 2.80. The van der Waals surface area contributed by atoms with Crippen molar-refractivity contribution in [1.82, 2.24) is 9.36 Å². The van der Waals surface area contributed by atoms with Crippen LogP contribution in [0.2, 0.25) is 0 Å². The maximum atomic E-state index is 10.5.